The first-order valence-electron chi connectivity index (χ1n) is 16.2. The Balaban J connectivity index is 0.00000146. The first kappa shape index (κ1) is 42.7. The van der Waals surface area contributed by atoms with Crippen LogP contribution in [0.2, 0.25) is 0 Å². The topological polar surface area (TPSA) is 260 Å². The van der Waals surface area contributed by atoms with Gasteiger partial charge in [-0.1, -0.05) is 32.3 Å². The number of amidine groups is 1. The summed E-state index contributed by atoms with van der Waals surface area (Å²) in [5.74, 6) is 0.620. The number of nitrogens with one attached hydrogen (secondary N) is 1. The minimum absolute atomic E-state index is 0. The number of unbranched alkanes of at least 4 members (excludes halogenated alkanes) is 3. The molecule has 7 N–H and O–H groups in total. The second-order valence-electron chi connectivity index (χ2n) is 11.0. The standard InChI is InChI=1S/C34H41N7O5.H2O4S.H2O/c1-4-6-7-10-21-46-34(44)39-32(35)24-12-15-26(16-13-24)37-23-30-38-27-22-25(14-17-28(27)40(30)3)33(43)41(20-18-31(42)45-5-2)29-11-8-9-19-36-29;1-5(2,3)4;/h8-9,11-17,19,22,37H,4-7,10,18,20-21,23H2,1-3H3,(H2,35,39,44);(H2,1,2,3,4);1H2. The molecule has 0 unspecified atom stereocenters. The quantitative estimate of drug-likeness (QED) is 0.0440. The number of benzene rings is 2. The lowest BCUT2D eigenvalue weighted by molar-refractivity contribution is -0.142. The monoisotopic (exact) mass is 743 g/mol. The van der Waals surface area contributed by atoms with E-state index in [1.54, 1.807) is 55.6 Å². The third-order valence-corrected chi connectivity index (χ3v) is 7.30. The highest BCUT2D eigenvalue weighted by Gasteiger charge is 2.21. The van der Waals surface area contributed by atoms with Crippen molar-refractivity contribution < 1.29 is 46.9 Å². The summed E-state index contributed by atoms with van der Waals surface area (Å²) in [6, 6.07) is 17.9. The van der Waals surface area contributed by atoms with E-state index < -0.39 is 16.5 Å². The molecule has 2 amide bonds. The third kappa shape index (κ3) is 14.1. The molecule has 0 saturated heterocycles. The average molecular weight is 744 g/mol. The average Bonchev–Trinajstić information content (AvgIpc) is 3.41. The summed E-state index contributed by atoms with van der Waals surface area (Å²) in [6.45, 7) is 5.02. The van der Waals surface area contributed by atoms with E-state index in [1.807, 2.05) is 29.8 Å². The van der Waals surface area contributed by atoms with Gasteiger partial charge in [-0.25, -0.2) is 14.8 Å². The van der Waals surface area contributed by atoms with Crippen molar-refractivity contribution in [1.82, 2.24) is 14.5 Å². The lowest BCUT2D eigenvalue weighted by Gasteiger charge is -2.21. The number of anilines is 2. The SMILES string of the molecule is CCCCCCOC(=O)/N=C(/N)c1ccc(NCc2nc3cc(C(=O)N(CCC(=O)OCC)c4ccccn4)ccc3n2C)cc1.O.O=S(=O)(O)O. The molecule has 0 radical (unpaired) electrons. The highest BCUT2D eigenvalue weighted by Crippen LogP contribution is 2.21. The highest BCUT2D eigenvalue weighted by molar-refractivity contribution is 7.79. The van der Waals surface area contributed by atoms with E-state index in [0.29, 0.717) is 35.6 Å². The van der Waals surface area contributed by atoms with Crippen LogP contribution in [0.1, 0.15) is 67.7 Å². The van der Waals surface area contributed by atoms with Crippen LogP contribution in [0.5, 0.6) is 0 Å². The van der Waals surface area contributed by atoms with Crippen LogP contribution < -0.4 is 16.0 Å². The fourth-order valence-electron chi connectivity index (χ4n) is 4.79. The Morgan fingerprint density at radius 1 is 0.981 bits per heavy atom. The number of amides is 2. The lowest BCUT2D eigenvalue weighted by atomic mass is 10.1. The number of imidazole rings is 1. The van der Waals surface area contributed by atoms with Crippen LogP contribution in [0.4, 0.5) is 16.3 Å². The molecular formula is C34H45N7O10S. The van der Waals surface area contributed by atoms with Gasteiger partial charge in [0, 0.05) is 36.6 Å². The molecule has 0 atom stereocenters. The van der Waals surface area contributed by atoms with Crippen LogP contribution in [0, 0.1) is 0 Å². The van der Waals surface area contributed by atoms with E-state index in [0.717, 1.165) is 42.7 Å². The van der Waals surface area contributed by atoms with Crippen LogP contribution in [-0.2, 0) is 38.3 Å². The molecule has 0 spiro atoms. The number of rotatable bonds is 15. The van der Waals surface area contributed by atoms with Gasteiger partial charge >= 0.3 is 22.5 Å². The van der Waals surface area contributed by atoms with Crippen molar-refractivity contribution in [2.24, 2.45) is 17.8 Å². The summed E-state index contributed by atoms with van der Waals surface area (Å²) in [6.07, 6.45) is 4.99. The fourth-order valence-corrected chi connectivity index (χ4v) is 4.79. The van der Waals surface area contributed by atoms with Crippen molar-refractivity contribution >= 4 is 56.7 Å². The molecule has 0 fully saturated rings. The van der Waals surface area contributed by atoms with Gasteiger partial charge in [-0.3, -0.25) is 23.6 Å². The van der Waals surface area contributed by atoms with Crippen LogP contribution in [0.15, 0.2) is 71.9 Å². The smallest absolute Gasteiger partial charge is 0.435 e. The summed E-state index contributed by atoms with van der Waals surface area (Å²) in [7, 11) is -2.75. The Labute approximate surface area is 301 Å². The molecule has 2 aromatic heterocycles. The molecule has 52 heavy (non-hydrogen) atoms. The summed E-state index contributed by atoms with van der Waals surface area (Å²) in [4.78, 5) is 52.0. The Kier molecular flexibility index (Phi) is 17.3. The van der Waals surface area contributed by atoms with Crippen molar-refractivity contribution in [3.8, 4) is 0 Å². The molecule has 0 aliphatic rings. The fraction of sp³-hybridized carbons (Fsp3) is 0.353. The number of esters is 1. The summed E-state index contributed by atoms with van der Waals surface area (Å²) in [5, 5.41) is 3.35. The molecule has 0 aliphatic heterocycles. The maximum Gasteiger partial charge on any atom is 0.435 e. The Hall–Kier alpha value is -5.43. The number of aryl methyl sites for hydroxylation is 1. The number of nitrogens with two attached hydrogens (primary N) is 1. The maximum atomic E-state index is 13.6. The van der Waals surface area contributed by atoms with Gasteiger partial charge in [-0.2, -0.15) is 13.4 Å². The largest absolute Gasteiger partial charge is 0.466 e. The summed E-state index contributed by atoms with van der Waals surface area (Å²) < 4.78 is 43.7. The molecule has 0 saturated carbocycles. The molecule has 2 aromatic carbocycles. The molecule has 0 aliphatic carbocycles. The zero-order valence-corrected chi connectivity index (χ0v) is 30.0. The molecular weight excluding hydrogens is 698 g/mol. The summed E-state index contributed by atoms with van der Waals surface area (Å²) in [5.41, 5.74) is 9.40. The van der Waals surface area contributed by atoms with Crippen molar-refractivity contribution in [3.05, 3.63) is 83.8 Å². The van der Waals surface area contributed by atoms with E-state index in [2.05, 4.69) is 22.2 Å². The van der Waals surface area contributed by atoms with Gasteiger partial charge in [-0.05, 0) is 67.9 Å². The van der Waals surface area contributed by atoms with Gasteiger partial charge in [0.25, 0.3) is 5.91 Å². The molecule has 17 nitrogen and oxygen atoms in total. The third-order valence-electron chi connectivity index (χ3n) is 7.30. The molecule has 18 heteroatoms. The first-order chi connectivity index (χ1) is 24.3. The zero-order chi connectivity index (χ0) is 37.4. The lowest BCUT2D eigenvalue weighted by Crippen LogP contribution is -2.34. The number of aromatic nitrogens is 3. The van der Waals surface area contributed by atoms with Crippen molar-refractivity contribution in [1.29, 1.82) is 0 Å². The van der Waals surface area contributed by atoms with Gasteiger partial charge in [0.05, 0.1) is 37.2 Å². The normalized spacial score (nSPS) is 11.1. The number of hydrogen-bond donors (Lipinski definition) is 4. The van der Waals surface area contributed by atoms with Gasteiger partial charge in [0.2, 0.25) is 0 Å². The van der Waals surface area contributed by atoms with Gasteiger partial charge in [-0.15, -0.1) is 0 Å². The maximum absolute atomic E-state index is 13.6. The van der Waals surface area contributed by atoms with Crippen LogP contribution >= 0.6 is 0 Å². The van der Waals surface area contributed by atoms with Crippen LogP contribution in [0.3, 0.4) is 0 Å². The van der Waals surface area contributed by atoms with Crippen molar-refractivity contribution in [2.75, 3.05) is 30.0 Å². The van der Waals surface area contributed by atoms with E-state index >= 15 is 0 Å². The second kappa shape index (κ2) is 21.1. The highest BCUT2D eigenvalue weighted by atomic mass is 32.3. The minimum atomic E-state index is -4.67. The number of ether oxygens (including phenoxy) is 2. The number of carbonyl (C=O) groups is 3. The molecule has 2 heterocycles. The van der Waals surface area contributed by atoms with Crippen LogP contribution in [-0.4, -0.2) is 81.1 Å². The van der Waals surface area contributed by atoms with Gasteiger partial charge in [0.15, 0.2) is 0 Å². The number of carbonyl (C=O) groups excluding carboxylic acids is 3. The molecule has 4 rings (SSSR count). The first-order valence-corrected chi connectivity index (χ1v) is 17.6. The van der Waals surface area contributed by atoms with Crippen LogP contribution in [0.25, 0.3) is 11.0 Å². The number of hydrogen-bond acceptors (Lipinski definition) is 10. The van der Waals surface area contributed by atoms with Gasteiger partial charge in [0.1, 0.15) is 17.5 Å². The Morgan fingerprint density at radius 3 is 2.31 bits per heavy atom. The molecule has 282 valence electrons. The number of pyridine rings is 1. The molecule has 0 bridgehead atoms. The predicted octanol–water partition coefficient (Wildman–Crippen LogP) is 4.13. The molecule has 4 aromatic rings. The second-order valence-corrected chi connectivity index (χ2v) is 11.9. The number of aliphatic imine (C=N–C) groups is 1. The predicted molar refractivity (Wildman–Crippen MR) is 196 cm³/mol. The van der Waals surface area contributed by atoms with Gasteiger partial charge < -0.3 is 30.6 Å². The van der Waals surface area contributed by atoms with Crippen molar-refractivity contribution in [2.45, 2.75) is 52.5 Å². The van der Waals surface area contributed by atoms with E-state index in [9.17, 15) is 14.4 Å². The Bertz CT molecular complexity index is 1890. The van der Waals surface area contributed by atoms with E-state index in [-0.39, 0.29) is 42.8 Å². The number of fused-ring (bicyclic) bond motifs is 1. The number of nitrogens with zero attached hydrogens (tertiary/aromatic N) is 5. The summed E-state index contributed by atoms with van der Waals surface area (Å²) >= 11 is 0. The van der Waals surface area contributed by atoms with Crippen molar-refractivity contribution in [3.63, 3.8) is 0 Å². The zero-order valence-electron chi connectivity index (χ0n) is 29.2. The van der Waals surface area contributed by atoms with E-state index in [4.69, 9.17) is 37.7 Å². The Morgan fingerprint density at radius 2 is 1.67 bits per heavy atom. The van der Waals surface area contributed by atoms with E-state index in [1.165, 1.54) is 4.90 Å². The minimum Gasteiger partial charge on any atom is -0.466 e.